The van der Waals surface area contributed by atoms with E-state index in [1.807, 2.05) is 6.07 Å². The first kappa shape index (κ1) is 6.45. The van der Waals surface area contributed by atoms with Crippen molar-refractivity contribution in [1.82, 2.24) is 5.32 Å². The van der Waals surface area contributed by atoms with Gasteiger partial charge in [0.1, 0.15) is 0 Å². The molecule has 39 valence electrons. The summed E-state index contributed by atoms with van der Waals surface area (Å²) in [5.74, 6) is 0. The molecule has 7 heavy (non-hydrogen) atoms. The number of hydrogen-bond donors (Lipinski definition) is 1. The fourth-order valence-electron chi connectivity index (χ4n) is 0.269. The van der Waals surface area contributed by atoms with Gasteiger partial charge in [-0.05, 0) is 13.0 Å². The first-order valence-corrected chi connectivity index (χ1v) is 2.28. The van der Waals surface area contributed by atoms with Crippen LogP contribution in [0.2, 0.25) is 0 Å². The average molecular weight is 97.1 g/mol. The van der Waals surface area contributed by atoms with E-state index in [1.54, 1.807) is 0 Å². The molecule has 0 aromatic carbocycles. The molecule has 0 aliphatic heterocycles. The maximum Gasteiger partial charge on any atom is 0.0840 e. The van der Waals surface area contributed by atoms with Crippen molar-refractivity contribution in [2.45, 2.75) is 6.42 Å². The molecule has 0 rings (SSSR count). The van der Waals surface area contributed by atoms with E-state index >= 15 is 0 Å². The molecule has 0 saturated heterocycles. The third-order valence-corrected chi connectivity index (χ3v) is 0.558. The summed E-state index contributed by atoms with van der Waals surface area (Å²) in [6.07, 6.45) is 0.849. The van der Waals surface area contributed by atoms with Crippen LogP contribution < -0.4 is 5.32 Å². The highest BCUT2D eigenvalue weighted by molar-refractivity contribution is 4.72. The van der Waals surface area contributed by atoms with Gasteiger partial charge in [0.2, 0.25) is 0 Å². The van der Waals surface area contributed by atoms with Crippen LogP contribution in [0.25, 0.3) is 0 Å². The average Bonchev–Trinajstić information content (AvgIpc) is 1.69. The summed E-state index contributed by atoms with van der Waals surface area (Å²) < 4.78 is 0. The van der Waals surface area contributed by atoms with Crippen LogP contribution in [0.15, 0.2) is 0 Å². The Morgan fingerprint density at radius 2 is 2.43 bits per heavy atom. The molecule has 2 heteroatoms. The van der Waals surface area contributed by atoms with E-state index in [0.717, 1.165) is 13.0 Å². The van der Waals surface area contributed by atoms with Crippen molar-refractivity contribution in [2.75, 3.05) is 13.1 Å². The minimum atomic E-state index is 0.440. The Morgan fingerprint density at radius 3 is 2.86 bits per heavy atom. The van der Waals surface area contributed by atoms with Gasteiger partial charge in [0.05, 0.1) is 12.6 Å². The van der Waals surface area contributed by atoms with Crippen LogP contribution in [0.3, 0.4) is 0 Å². The summed E-state index contributed by atoms with van der Waals surface area (Å²) in [4.78, 5) is 0. The predicted octanol–water partition coefficient (Wildman–Crippen LogP) is 0.324. The smallest absolute Gasteiger partial charge is 0.0840 e. The Balaban J connectivity index is 2.60. The largest absolute Gasteiger partial charge is 0.304 e. The first-order valence-electron chi connectivity index (χ1n) is 2.28. The minimum absolute atomic E-state index is 0.440. The highest BCUT2D eigenvalue weighted by Crippen LogP contribution is 1.64. The highest BCUT2D eigenvalue weighted by atomic mass is 14.8. The first-order chi connectivity index (χ1) is 3.41. The Morgan fingerprint density at radius 1 is 1.71 bits per heavy atom. The van der Waals surface area contributed by atoms with Crippen molar-refractivity contribution >= 4 is 0 Å². The van der Waals surface area contributed by atoms with Crippen molar-refractivity contribution < 1.29 is 0 Å². The SMILES string of the molecule is [CH2]CCNCC#N. The van der Waals surface area contributed by atoms with E-state index < -0.39 is 0 Å². The molecule has 0 amide bonds. The van der Waals surface area contributed by atoms with E-state index in [0.29, 0.717) is 6.54 Å². The van der Waals surface area contributed by atoms with Gasteiger partial charge in [0, 0.05) is 0 Å². The lowest BCUT2D eigenvalue weighted by Gasteiger charge is -1.89. The summed E-state index contributed by atoms with van der Waals surface area (Å²) >= 11 is 0. The minimum Gasteiger partial charge on any atom is -0.304 e. The van der Waals surface area contributed by atoms with Crippen LogP contribution in [0, 0.1) is 18.3 Å². The maximum absolute atomic E-state index is 7.96. The number of hydrogen-bond acceptors (Lipinski definition) is 2. The van der Waals surface area contributed by atoms with E-state index in [1.165, 1.54) is 0 Å². The normalized spacial score (nSPS) is 8.00. The summed E-state index contributed by atoms with van der Waals surface area (Å²) in [7, 11) is 0. The van der Waals surface area contributed by atoms with Crippen molar-refractivity contribution in [3.05, 3.63) is 6.92 Å². The predicted molar refractivity (Wildman–Crippen MR) is 28.5 cm³/mol. The Bertz CT molecular complexity index is 63.0. The van der Waals surface area contributed by atoms with Crippen molar-refractivity contribution in [3.8, 4) is 6.07 Å². The molecule has 0 aliphatic carbocycles. The summed E-state index contributed by atoms with van der Waals surface area (Å²) in [6.45, 7) is 4.87. The zero-order chi connectivity index (χ0) is 5.54. The summed E-state index contributed by atoms with van der Waals surface area (Å²) in [5.41, 5.74) is 0. The van der Waals surface area contributed by atoms with Gasteiger partial charge in [-0.15, -0.1) is 0 Å². The van der Waals surface area contributed by atoms with E-state index in [9.17, 15) is 0 Å². The van der Waals surface area contributed by atoms with E-state index in [-0.39, 0.29) is 0 Å². The van der Waals surface area contributed by atoms with Gasteiger partial charge < -0.3 is 5.32 Å². The molecule has 1 radical (unpaired) electrons. The van der Waals surface area contributed by atoms with Gasteiger partial charge in [0.25, 0.3) is 0 Å². The van der Waals surface area contributed by atoms with Gasteiger partial charge in [-0.3, -0.25) is 0 Å². The standard InChI is InChI=1S/C5H9N2/c1-2-4-7-5-3-6/h7H,1-2,4-5H2. The van der Waals surface area contributed by atoms with Crippen molar-refractivity contribution in [1.29, 1.82) is 5.26 Å². The molecule has 0 fully saturated rings. The Labute approximate surface area is 44.1 Å². The lowest BCUT2D eigenvalue weighted by atomic mass is 10.5. The van der Waals surface area contributed by atoms with Gasteiger partial charge in [-0.2, -0.15) is 5.26 Å². The summed E-state index contributed by atoms with van der Waals surface area (Å²) in [6, 6.07) is 1.96. The van der Waals surface area contributed by atoms with Crippen LogP contribution in [0.5, 0.6) is 0 Å². The molecule has 1 N–H and O–H groups in total. The quantitative estimate of drug-likeness (QED) is 0.406. The highest BCUT2D eigenvalue weighted by Gasteiger charge is 1.75. The van der Waals surface area contributed by atoms with Crippen molar-refractivity contribution in [3.63, 3.8) is 0 Å². The monoisotopic (exact) mass is 97.1 g/mol. The van der Waals surface area contributed by atoms with E-state index in [2.05, 4.69) is 12.2 Å². The second kappa shape index (κ2) is 5.45. The molecule has 0 aromatic heterocycles. The van der Waals surface area contributed by atoms with Gasteiger partial charge in [-0.1, -0.05) is 6.92 Å². The molecule has 0 aromatic rings. The number of nitriles is 1. The second-order valence-corrected chi connectivity index (χ2v) is 1.19. The molecule has 0 heterocycles. The molecular weight excluding hydrogens is 88.1 g/mol. The Hall–Kier alpha value is -0.550. The molecule has 0 spiro atoms. The number of rotatable bonds is 3. The van der Waals surface area contributed by atoms with Crippen LogP contribution in [-0.4, -0.2) is 13.1 Å². The van der Waals surface area contributed by atoms with Crippen LogP contribution >= 0.6 is 0 Å². The lowest BCUT2D eigenvalue weighted by molar-refractivity contribution is 0.760. The fourth-order valence-corrected chi connectivity index (χ4v) is 0.269. The van der Waals surface area contributed by atoms with Crippen LogP contribution in [0.1, 0.15) is 6.42 Å². The zero-order valence-corrected chi connectivity index (χ0v) is 4.28. The topological polar surface area (TPSA) is 35.8 Å². The molecule has 2 nitrogen and oxygen atoms in total. The van der Waals surface area contributed by atoms with Crippen LogP contribution in [-0.2, 0) is 0 Å². The molecule has 0 bridgehead atoms. The molecule has 0 aliphatic rings. The van der Waals surface area contributed by atoms with Gasteiger partial charge >= 0.3 is 0 Å². The number of nitrogens with one attached hydrogen (secondary N) is 1. The maximum atomic E-state index is 7.96. The van der Waals surface area contributed by atoms with Gasteiger partial charge in [0.15, 0.2) is 0 Å². The van der Waals surface area contributed by atoms with Gasteiger partial charge in [-0.25, -0.2) is 0 Å². The van der Waals surface area contributed by atoms with Crippen LogP contribution in [0.4, 0.5) is 0 Å². The fraction of sp³-hybridized carbons (Fsp3) is 0.600. The van der Waals surface area contributed by atoms with Crippen molar-refractivity contribution in [2.24, 2.45) is 0 Å². The Kier molecular flexibility index (Phi) is 5.02. The molecular formula is C5H9N2. The lowest BCUT2D eigenvalue weighted by Crippen LogP contribution is -2.13. The third kappa shape index (κ3) is 5.45. The molecule has 0 saturated carbocycles. The molecule has 0 atom stereocenters. The van der Waals surface area contributed by atoms with E-state index in [4.69, 9.17) is 5.26 Å². The number of nitrogens with zero attached hydrogens (tertiary/aromatic N) is 1. The molecule has 0 unspecified atom stereocenters. The zero-order valence-electron chi connectivity index (χ0n) is 4.28. The third-order valence-electron chi connectivity index (χ3n) is 0.558. The second-order valence-electron chi connectivity index (χ2n) is 1.19. The summed E-state index contributed by atoms with van der Waals surface area (Å²) in [5, 5.41) is 10.8.